The lowest BCUT2D eigenvalue weighted by Gasteiger charge is -2.40. The summed E-state index contributed by atoms with van der Waals surface area (Å²) in [5.41, 5.74) is 0.399. The second-order valence-electron chi connectivity index (χ2n) is 6.75. The van der Waals surface area contributed by atoms with Gasteiger partial charge in [0.05, 0.1) is 0 Å². The molecule has 1 rings (SSSR count). The van der Waals surface area contributed by atoms with E-state index in [9.17, 15) is 0 Å². The van der Waals surface area contributed by atoms with Crippen molar-refractivity contribution < 1.29 is 4.74 Å². The van der Waals surface area contributed by atoms with E-state index < -0.39 is 0 Å². The third-order valence-electron chi connectivity index (χ3n) is 4.42. The van der Waals surface area contributed by atoms with E-state index in [0.29, 0.717) is 5.41 Å². The predicted octanol–water partition coefficient (Wildman–Crippen LogP) is 3.80. The summed E-state index contributed by atoms with van der Waals surface area (Å²) in [7, 11) is 1.79. The van der Waals surface area contributed by atoms with Gasteiger partial charge in [-0.2, -0.15) is 0 Å². The number of hydrogen-bond acceptors (Lipinski definition) is 2. The zero-order chi connectivity index (χ0) is 15.6. The maximum atomic E-state index is 5.25. The van der Waals surface area contributed by atoms with Gasteiger partial charge in [0, 0.05) is 33.4 Å². The number of aliphatic imine (C=N–C) groups is 1. The molecule has 0 unspecified atom stereocenters. The fourth-order valence-corrected chi connectivity index (χ4v) is 2.79. The summed E-state index contributed by atoms with van der Waals surface area (Å²) < 4.78 is 5.25. The normalized spacial score (nSPS) is 16.9. The Balaban J connectivity index is 0.00000441. The second kappa shape index (κ2) is 12.4. The fraction of sp³-hybridized carbons (Fsp3) is 0.941. The molecule has 132 valence electrons. The SMILES string of the molecule is CCNC(=NCC1(CCOC)CCC1)NCCCC(C)C.I. The van der Waals surface area contributed by atoms with Gasteiger partial charge in [0.25, 0.3) is 0 Å². The molecular formula is C17H36IN3O. The molecule has 0 saturated heterocycles. The Kier molecular flexibility index (Phi) is 12.4. The Hall–Kier alpha value is -0.0400. The highest BCUT2D eigenvalue weighted by molar-refractivity contribution is 14.0. The molecule has 1 aliphatic carbocycles. The molecule has 1 aliphatic rings. The summed E-state index contributed by atoms with van der Waals surface area (Å²) in [6.07, 6.45) is 7.55. The standard InChI is InChI=1S/C17H35N3O.HI/c1-5-18-16(19-12-6-8-15(2)3)20-14-17(9-7-10-17)11-13-21-4;/h15H,5-14H2,1-4H3,(H2,18,19,20);1H. The summed E-state index contributed by atoms with van der Waals surface area (Å²) in [6.45, 7) is 10.4. The van der Waals surface area contributed by atoms with Crippen molar-refractivity contribution in [3.05, 3.63) is 0 Å². The minimum absolute atomic E-state index is 0. The molecule has 22 heavy (non-hydrogen) atoms. The minimum atomic E-state index is 0. The summed E-state index contributed by atoms with van der Waals surface area (Å²) in [5, 5.41) is 6.82. The topological polar surface area (TPSA) is 45.7 Å². The number of halogens is 1. The molecule has 5 heteroatoms. The van der Waals surface area contributed by atoms with Crippen molar-refractivity contribution in [3.8, 4) is 0 Å². The van der Waals surface area contributed by atoms with Gasteiger partial charge in [-0.3, -0.25) is 4.99 Å². The third-order valence-corrected chi connectivity index (χ3v) is 4.42. The lowest BCUT2D eigenvalue weighted by molar-refractivity contribution is 0.0778. The number of nitrogens with one attached hydrogen (secondary N) is 2. The first-order valence-electron chi connectivity index (χ1n) is 8.63. The van der Waals surface area contributed by atoms with Crippen LogP contribution in [0.25, 0.3) is 0 Å². The maximum absolute atomic E-state index is 5.25. The van der Waals surface area contributed by atoms with Crippen molar-refractivity contribution in [2.45, 2.75) is 59.3 Å². The molecule has 0 aromatic carbocycles. The molecule has 1 saturated carbocycles. The van der Waals surface area contributed by atoms with Crippen LogP contribution in [0.1, 0.15) is 59.3 Å². The molecule has 1 fully saturated rings. The van der Waals surface area contributed by atoms with Crippen LogP contribution in [0.15, 0.2) is 4.99 Å². The molecule has 0 atom stereocenters. The van der Waals surface area contributed by atoms with Crippen molar-refractivity contribution in [2.24, 2.45) is 16.3 Å². The lowest BCUT2D eigenvalue weighted by Crippen LogP contribution is -2.40. The number of rotatable bonds is 10. The second-order valence-corrected chi connectivity index (χ2v) is 6.75. The van der Waals surface area contributed by atoms with Gasteiger partial charge in [0.15, 0.2) is 5.96 Å². The van der Waals surface area contributed by atoms with Gasteiger partial charge in [-0.05, 0) is 50.4 Å². The van der Waals surface area contributed by atoms with E-state index in [4.69, 9.17) is 9.73 Å². The van der Waals surface area contributed by atoms with Gasteiger partial charge in [-0.25, -0.2) is 0 Å². The van der Waals surface area contributed by atoms with Crippen LogP contribution in [0, 0.1) is 11.3 Å². The summed E-state index contributed by atoms with van der Waals surface area (Å²) in [4.78, 5) is 4.82. The van der Waals surface area contributed by atoms with Crippen LogP contribution in [-0.4, -0.2) is 39.3 Å². The quantitative estimate of drug-likeness (QED) is 0.242. The van der Waals surface area contributed by atoms with Crippen LogP contribution in [0.3, 0.4) is 0 Å². The Morgan fingerprint density at radius 2 is 2.00 bits per heavy atom. The van der Waals surface area contributed by atoms with Gasteiger partial charge < -0.3 is 15.4 Å². The Morgan fingerprint density at radius 3 is 2.50 bits per heavy atom. The van der Waals surface area contributed by atoms with Crippen molar-refractivity contribution in [3.63, 3.8) is 0 Å². The minimum Gasteiger partial charge on any atom is -0.385 e. The Morgan fingerprint density at radius 1 is 1.27 bits per heavy atom. The first kappa shape index (κ1) is 22.0. The van der Waals surface area contributed by atoms with E-state index in [1.807, 2.05) is 0 Å². The van der Waals surface area contributed by atoms with Gasteiger partial charge in [0.1, 0.15) is 0 Å². The van der Waals surface area contributed by atoms with Gasteiger partial charge >= 0.3 is 0 Å². The van der Waals surface area contributed by atoms with Gasteiger partial charge in [-0.1, -0.05) is 20.3 Å². The van der Waals surface area contributed by atoms with E-state index >= 15 is 0 Å². The molecule has 0 bridgehead atoms. The summed E-state index contributed by atoms with van der Waals surface area (Å²) >= 11 is 0. The zero-order valence-electron chi connectivity index (χ0n) is 14.9. The van der Waals surface area contributed by atoms with Gasteiger partial charge in [0.2, 0.25) is 0 Å². The number of methoxy groups -OCH3 is 1. The van der Waals surface area contributed by atoms with Crippen molar-refractivity contribution in [2.75, 3.05) is 33.4 Å². The third kappa shape index (κ3) is 8.56. The smallest absolute Gasteiger partial charge is 0.191 e. The van der Waals surface area contributed by atoms with Crippen LogP contribution >= 0.6 is 24.0 Å². The van der Waals surface area contributed by atoms with E-state index in [0.717, 1.165) is 44.5 Å². The highest BCUT2D eigenvalue weighted by Gasteiger charge is 2.36. The van der Waals surface area contributed by atoms with E-state index in [1.165, 1.54) is 32.1 Å². The van der Waals surface area contributed by atoms with Crippen LogP contribution in [0.5, 0.6) is 0 Å². The van der Waals surface area contributed by atoms with Crippen molar-refractivity contribution in [1.29, 1.82) is 0 Å². The zero-order valence-corrected chi connectivity index (χ0v) is 17.2. The molecule has 0 heterocycles. The molecule has 0 radical (unpaired) electrons. The molecule has 0 amide bonds. The fourth-order valence-electron chi connectivity index (χ4n) is 2.79. The van der Waals surface area contributed by atoms with E-state index in [2.05, 4.69) is 31.4 Å². The molecule has 0 aromatic rings. The number of guanidine groups is 1. The van der Waals surface area contributed by atoms with Crippen LogP contribution in [-0.2, 0) is 4.74 Å². The molecule has 0 aromatic heterocycles. The van der Waals surface area contributed by atoms with Gasteiger partial charge in [-0.15, -0.1) is 24.0 Å². The molecule has 4 nitrogen and oxygen atoms in total. The van der Waals surface area contributed by atoms with Crippen LogP contribution < -0.4 is 10.6 Å². The average molecular weight is 425 g/mol. The Labute approximate surface area is 154 Å². The van der Waals surface area contributed by atoms with Crippen molar-refractivity contribution in [1.82, 2.24) is 10.6 Å². The van der Waals surface area contributed by atoms with E-state index in [1.54, 1.807) is 7.11 Å². The van der Waals surface area contributed by atoms with Crippen LogP contribution in [0.4, 0.5) is 0 Å². The van der Waals surface area contributed by atoms with E-state index in [-0.39, 0.29) is 24.0 Å². The highest BCUT2D eigenvalue weighted by atomic mass is 127. The highest BCUT2D eigenvalue weighted by Crippen LogP contribution is 2.44. The number of nitrogens with zero attached hydrogens (tertiary/aromatic N) is 1. The Bertz CT molecular complexity index is 304. The monoisotopic (exact) mass is 425 g/mol. The average Bonchev–Trinajstić information content (AvgIpc) is 2.41. The summed E-state index contributed by atoms with van der Waals surface area (Å²) in [5.74, 6) is 1.75. The first-order valence-corrected chi connectivity index (χ1v) is 8.63. The number of hydrogen-bond donors (Lipinski definition) is 2. The van der Waals surface area contributed by atoms with Crippen molar-refractivity contribution >= 4 is 29.9 Å². The molecule has 0 spiro atoms. The largest absolute Gasteiger partial charge is 0.385 e. The van der Waals surface area contributed by atoms with Crippen LogP contribution in [0.2, 0.25) is 0 Å². The molecular weight excluding hydrogens is 389 g/mol. The lowest BCUT2D eigenvalue weighted by atomic mass is 9.67. The number of ether oxygens (including phenoxy) is 1. The summed E-state index contributed by atoms with van der Waals surface area (Å²) in [6, 6.07) is 0. The molecule has 2 N–H and O–H groups in total. The predicted molar refractivity (Wildman–Crippen MR) is 106 cm³/mol. The molecule has 0 aliphatic heterocycles. The maximum Gasteiger partial charge on any atom is 0.191 e. The first-order chi connectivity index (χ1) is 10.1.